The first-order chi connectivity index (χ1) is 13.6. The first-order valence-corrected chi connectivity index (χ1v) is 10.7. The average Bonchev–Trinajstić information content (AvgIpc) is 2.92. The second kappa shape index (κ2) is 8.50. The Balaban J connectivity index is 1.83. The van der Waals surface area contributed by atoms with Crippen LogP contribution in [0.1, 0.15) is 31.4 Å². The van der Waals surface area contributed by atoms with Gasteiger partial charge < -0.3 is 15.2 Å². The summed E-state index contributed by atoms with van der Waals surface area (Å²) in [6.07, 6.45) is 2.15. The number of rotatable bonds is 6. The molecule has 0 saturated carbocycles. The third kappa shape index (κ3) is 4.85. The smallest absolute Gasteiger partial charge is 0.309 e. The van der Waals surface area contributed by atoms with Crippen molar-refractivity contribution in [2.45, 2.75) is 20.3 Å². The molecule has 0 saturated heterocycles. The fourth-order valence-electron chi connectivity index (χ4n) is 2.79. The van der Waals surface area contributed by atoms with Crippen LogP contribution in [0, 0.1) is 5.41 Å². The van der Waals surface area contributed by atoms with Gasteiger partial charge in [-0.1, -0.05) is 11.6 Å². The first kappa shape index (κ1) is 21.9. The summed E-state index contributed by atoms with van der Waals surface area (Å²) in [4.78, 5) is 23.6. The van der Waals surface area contributed by atoms with Crippen LogP contribution in [0.15, 0.2) is 39.3 Å². The predicted octanol–water partition coefficient (Wildman–Crippen LogP) is 6.24. The summed E-state index contributed by atoms with van der Waals surface area (Å²) in [5.74, 6) is -0.477. The van der Waals surface area contributed by atoms with E-state index in [9.17, 15) is 14.7 Å². The number of benzene rings is 2. The Labute approximate surface area is 190 Å². The molecule has 0 aromatic heterocycles. The molecule has 3 rings (SSSR count). The van der Waals surface area contributed by atoms with Crippen molar-refractivity contribution in [1.82, 2.24) is 0 Å². The van der Waals surface area contributed by atoms with Crippen LogP contribution in [-0.4, -0.2) is 23.6 Å². The van der Waals surface area contributed by atoms with Crippen LogP contribution < -0.4 is 10.1 Å². The van der Waals surface area contributed by atoms with Crippen molar-refractivity contribution in [2.24, 2.45) is 5.41 Å². The molecule has 2 aromatic carbocycles. The van der Waals surface area contributed by atoms with Gasteiger partial charge in [0.05, 0.1) is 21.0 Å². The topological polar surface area (TPSA) is 75.6 Å². The van der Waals surface area contributed by atoms with Gasteiger partial charge in [0.15, 0.2) is 0 Å². The highest BCUT2D eigenvalue weighted by Gasteiger charge is 2.27. The van der Waals surface area contributed by atoms with Gasteiger partial charge in [0.1, 0.15) is 5.75 Å². The molecule has 2 N–H and O–H groups in total. The number of ether oxygens (including phenoxy) is 1. The first-order valence-electron chi connectivity index (χ1n) is 8.77. The zero-order valence-corrected chi connectivity index (χ0v) is 19.6. The number of aliphatic carboxylic acids is 1. The van der Waals surface area contributed by atoms with Crippen LogP contribution in [0.2, 0.25) is 5.02 Å². The highest BCUT2D eigenvalue weighted by atomic mass is 79.9. The number of anilines is 1. The third-order valence-corrected chi connectivity index (χ3v) is 6.06. The minimum absolute atomic E-state index is 0.189. The van der Waals surface area contributed by atoms with Gasteiger partial charge >= 0.3 is 5.97 Å². The molecule has 0 unspecified atom stereocenters. The van der Waals surface area contributed by atoms with E-state index >= 15 is 0 Å². The van der Waals surface area contributed by atoms with E-state index in [2.05, 4.69) is 37.2 Å². The molecule has 0 spiro atoms. The van der Waals surface area contributed by atoms with Crippen molar-refractivity contribution >= 4 is 72.7 Å². The summed E-state index contributed by atoms with van der Waals surface area (Å²) >= 11 is 13.1. The van der Waals surface area contributed by atoms with Crippen molar-refractivity contribution in [3.05, 3.63) is 55.4 Å². The lowest BCUT2D eigenvalue weighted by Gasteiger charge is -2.19. The number of hydrogen-bond acceptors (Lipinski definition) is 3. The standard InChI is InChI=1S/C21H18Br2ClNO4/c1-21(2,20(27)28)5-6-29-18-15(22)8-11(9-16(18)23)7-14-13-10-12(24)3-4-17(13)25-19(14)26/h3-4,7-10H,5-6H2,1-2H3,(H,25,26)(H,27,28). The molecule has 1 aliphatic rings. The Morgan fingerprint density at radius 2 is 1.90 bits per heavy atom. The maximum atomic E-state index is 12.4. The number of halogens is 3. The lowest BCUT2D eigenvalue weighted by Crippen LogP contribution is -2.25. The quantitative estimate of drug-likeness (QED) is 0.423. The van der Waals surface area contributed by atoms with E-state index in [1.807, 2.05) is 12.1 Å². The van der Waals surface area contributed by atoms with Crippen molar-refractivity contribution in [2.75, 3.05) is 11.9 Å². The molecular weight excluding hydrogens is 525 g/mol. The molecule has 8 heteroatoms. The van der Waals surface area contributed by atoms with Crippen LogP contribution >= 0.6 is 43.5 Å². The van der Waals surface area contributed by atoms with Gasteiger partial charge in [-0.2, -0.15) is 0 Å². The Kier molecular flexibility index (Phi) is 6.41. The second-order valence-electron chi connectivity index (χ2n) is 7.30. The minimum Gasteiger partial charge on any atom is -0.491 e. The summed E-state index contributed by atoms with van der Waals surface area (Å²) in [6, 6.07) is 8.94. The fourth-order valence-corrected chi connectivity index (χ4v) is 4.41. The molecule has 152 valence electrons. The number of carboxylic acid groups (broad SMARTS) is 1. The minimum atomic E-state index is -0.867. The van der Waals surface area contributed by atoms with Gasteiger partial charge in [0, 0.05) is 21.8 Å². The molecule has 1 heterocycles. The highest BCUT2D eigenvalue weighted by Crippen LogP contribution is 2.39. The number of carboxylic acids is 1. The lowest BCUT2D eigenvalue weighted by atomic mass is 9.90. The molecule has 29 heavy (non-hydrogen) atoms. The monoisotopic (exact) mass is 541 g/mol. The van der Waals surface area contributed by atoms with Crippen molar-refractivity contribution in [3.63, 3.8) is 0 Å². The van der Waals surface area contributed by atoms with E-state index in [1.54, 1.807) is 38.1 Å². The molecule has 2 aromatic rings. The van der Waals surface area contributed by atoms with E-state index < -0.39 is 11.4 Å². The van der Waals surface area contributed by atoms with Gasteiger partial charge in [0.2, 0.25) is 0 Å². The number of hydrogen-bond donors (Lipinski definition) is 2. The van der Waals surface area contributed by atoms with Gasteiger partial charge in [-0.15, -0.1) is 0 Å². The predicted molar refractivity (Wildman–Crippen MR) is 121 cm³/mol. The lowest BCUT2D eigenvalue weighted by molar-refractivity contribution is -0.147. The highest BCUT2D eigenvalue weighted by molar-refractivity contribution is 9.11. The Bertz CT molecular complexity index is 1010. The van der Waals surface area contributed by atoms with E-state index in [1.165, 1.54) is 0 Å². The Morgan fingerprint density at radius 3 is 2.52 bits per heavy atom. The Morgan fingerprint density at radius 1 is 1.24 bits per heavy atom. The third-order valence-electron chi connectivity index (χ3n) is 4.65. The van der Waals surface area contributed by atoms with Crippen LogP contribution in [0.3, 0.4) is 0 Å². The van der Waals surface area contributed by atoms with Gasteiger partial charge in [-0.3, -0.25) is 9.59 Å². The maximum Gasteiger partial charge on any atom is 0.309 e. The molecule has 0 atom stereocenters. The fraction of sp³-hybridized carbons (Fsp3) is 0.238. The molecule has 0 bridgehead atoms. The number of amides is 1. The number of nitrogens with one attached hydrogen (secondary N) is 1. The van der Waals surface area contributed by atoms with Crippen molar-refractivity contribution in [3.8, 4) is 5.75 Å². The zero-order valence-electron chi connectivity index (χ0n) is 15.7. The number of carbonyl (C=O) groups is 2. The summed E-state index contributed by atoms with van der Waals surface area (Å²) in [5.41, 5.74) is 1.93. The number of fused-ring (bicyclic) bond motifs is 1. The van der Waals surface area contributed by atoms with Gasteiger partial charge in [0.25, 0.3) is 5.91 Å². The molecule has 0 fully saturated rings. The molecule has 0 radical (unpaired) electrons. The Hall–Kier alpha value is -1.83. The van der Waals surface area contributed by atoms with Crippen LogP contribution in [0.25, 0.3) is 11.6 Å². The molecular formula is C21H18Br2ClNO4. The SMILES string of the molecule is CC(C)(CCOc1c(Br)cc(C=C2C(=O)Nc3ccc(Cl)cc32)cc1Br)C(=O)O. The van der Waals surface area contributed by atoms with E-state index in [4.69, 9.17) is 16.3 Å². The molecule has 5 nitrogen and oxygen atoms in total. The molecule has 0 aliphatic carbocycles. The zero-order chi connectivity index (χ0) is 21.3. The van der Waals surface area contributed by atoms with Crippen molar-refractivity contribution in [1.29, 1.82) is 0 Å². The van der Waals surface area contributed by atoms with Crippen molar-refractivity contribution < 1.29 is 19.4 Å². The molecule has 1 amide bonds. The van der Waals surface area contributed by atoms with E-state index in [-0.39, 0.29) is 12.5 Å². The summed E-state index contributed by atoms with van der Waals surface area (Å²) in [5, 5.41) is 12.6. The normalized spacial score (nSPS) is 14.7. The van der Waals surface area contributed by atoms with E-state index in [0.29, 0.717) is 31.7 Å². The van der Waals surface area contributed by atoms with E-state index in [0.717, 1.165) is 16.8 Å². The van der Waals surface area contributed by atoms with Crippen LogP contribution in [-0.2, 0) is 9.59 Å². The second-order valence-corrected chi connectivity index (χ2v) is 9.45. The average molecular weight is 544 g/mol. The van der Waals surface area contributed by atoms with Gasteiger partial charge in [-0.05, 0) is 94.1 Å². The van der Waals surface area contributed by atoms with Crippen LogP contribution in [0.4, 0.5) is 5.69 Å². The maximum absolute atomic E-state index is 12.4. The number of carbonyl (C=O) groups excluding carboxylic acids is 1. The largest absolute Gasteiger partial charge is 0.491 e. The summed E-state index contributed by atoms with van der Waals surface area (Å²) < 4.78 is 7.18. The summed E-state index contributed by atoms with van der Waals surface area (Å²) in [6.45, 7) is 3.58. The molecule has 1 aliphatic heterocycles. The van der Waals surface area contributed by atoms with Gasteiger partial charge in [-0.25, -0.2) is 0 Å². The summed E-state index contributed by atoms with van der Waals surface area (Å²) in [7, 11) is 0. The van der Waals surface area contributed by atoms with Crippen LogP contribution in [0.5, 0.6) is 5.75 Å².